The van der Waals surface area contributed by atoms with Gasteiger partial charge in [0.1, 0.15) is 17.8 Å². The number of thiol groups is 1. The van der Waals surface area contributed by atoms with Gasteiger partial charge in [0, 0.05) is 22.1 Å². The molecule has 0 saturated carbocycles. The molecule has 0 aliphatic carbocycles. The van der Waals surface area contributed by atoms with Crippen LogP contribution < -0.4 is 0 Å². The van der Waals surface area contributed by atoms with Gasteiger partial charge in [-0.05, 0) is 35.2 Å². The van der Waals surface area contributed by atoms with Gasteiger partial charge in [0.2, 0.25) is 0 Å². The molecule has 1 N–H and O–H groups in total. The van der Waals surface area contributed by atoms with E-state index in [4.69, 9.17) is 37.4 Å². The maximum Gasteiger partial charge on any atom is 0.331 e. The molecule has 44 heavy (non-hydrogen) atoms. The lowest BCUT2D eigenvalue weighted by atomic mass is 10.00. The Balaban J connectivity index is 1.43. The Morgan fingerprint density at radius 2 is 1.82 bits per heavy atom. The van der Waals surface area contributed by atoms with Gasteiger partial charge in [-0.1, -0.05) is 58.7 Å². The van der Waals surface area contributed by atoms with E-state index in [0.717, 1.165) is 34.9 Å². The molecule has 0 spiro atoms. The van der Waals surface area contributed by atoms with Crippen molar-refractivity contribution in [1.82, 2.24) is 15.0 Å². The number of carboxylic acids is 1. The summed E-state index contributed by atoms with van der Waals surface area (Å²) in [4.78, 5) is 12.2. The number of hydrogen-bond donors (Lipinski definition) is 2. The summed E-state index contributed by atoms with van der Waals surface area (Å²) in [7, 11) is -1.08. The van der Waals surface area contributed by atoms with Crippen molar-refractivity contribution in [3.05, 3.63) is 112 Å². The third-order valence-electron chi connectivity index (χ3n) is 7.44. The summed E-state index contributed by atoms with van der Waals surface area (Å²) in [5.74, 6) is -5.10. The van der Waals surface area contributed by atoms with Crippen molar-refractivity contribution >= 4 is 40.1 Å². The van der Waals surface area contributed by atoms with Gasteiger partial charge in [0.05, 0.1) is 41.3 Å². The largest absolute Gasteiger partial charge is 0.495 e. The second-order valence-corrected chi connectivity index (χ2v) is 13.4. The van der Waals surface area contributed by atoms with E-state index in [1.54, 1.807) is 12.1 Å². The molecule has 2 aliphatic rings. The lowest BCUT2D eigenvalue weighted by Crippen LogP contribution is -2.54. The lowest BCUT2D eigenvalue weighted by molar-refractivity contribution is -0.232. The minimum absolute atomic E-state index is 0.0173. The highest BCUT2D eigenvalue weighted by Crippen LogP contribution is 2.55. The Bertz CT molecular complexity index is 1690. The van der Waals surface area contributed by atoms with E-state index < -0.39 is 58.9 Å². The van der Waals surface area contributed by atoms with Crippen molar-refractivity contribution < 1.29 is 37.3 Å². The molecule has 2 unspecified atom stereocenters. The highest BCUT2D eigenvalue weighted by molar-refractivity contribution is 8.17. The molecule has 14 heteroatoms. The summed E-state index contributed by atoms with van der Waals surface area (Å²) in [6.07, 6.45) is 1.40. The maximum absolute atomic E-state index is 14.0. The van der Waals surface area contributed by atoms with Gasteiger partial charge in [0.15, 0.2) is 23.7 Å². The first-order chi connectivity index (χ1) is 21.2. The van der Waals surface area contributed by atoms with Crippen LogP contribution in [-0.2, 0) is 19.0 Å². The molecule has 2 aliphatic heterocycles. The minimum atomic E-state index is -1.59. The van der Waals surface area contributed by atoms with Crippen LogP contribution in [0.5, 0.6) is 0 Å². The first-order valence-corrected chi connectivity index (χ1v) is 15.7. The van der Waals surface area contributed by atoms with Gasteiger partial charge in [-0.25, -0.2) is 33.5 Å². The fourth-order valence-corrected chi connectivity index (χ4v) is 8.78. The molecule has 1 aromatic heterocycles. The average Bonchev–Trinajstić information content (AvgIpc) is 3.50. The lowest BCUT2D eigenvalue weighted by Gasteiger charge is -2.51. The average molecular weight is 667 g/mol. The summed E-state index contributed by atoms with van der Waals surface area (Å²) >= 11 is 12.6. The van der Waals surface area contributed by atoms with E-state index >= 15 is 0 Å². The Hall–Kier alpha value is -3.55. The molecule has 3 heterocycles. The third-order valence-corrected chi connectivity index (χ3v) is 11.1. The van der Waals surface area contributed by atoms with Crippen molar-refractivity contribution in [1.29, 1.82) is 0 Å². The Morgan fingerprint density at radius 1 is 1.07 bits per heavy atom. The first-order valence-electron chi connectivity index (χ1n) is 13.3. The van der Waals surface area contributed by atoms with Crippen LogP contribution in [0.4, 0.5) is 13.2 Å². The minimum Gasteiger partial charge on any atom is -0.495 e. The number of ether oxygens (including phenoxy) is 3. The van der Waals surface area contributed by atoms with Crippen molar-refractivity contribution in [2.24, 2.45) is 0 Å². The molecule has 230 valence electrons. The van der Waals surface area contributed by atoms with Crippen LogP contribution in [0.2, 0.25) is 10.0 Å². The molecule has 0 bridgehead atoms. The van der Waals surface area contributed by atoms with Crippen LogP contribution in [0.3, 0.4) is 0 Å². The van der Waals surface area contributed by atoms with Gasteiger partial charge < -0.3 is 19.3 Å². The number of halogens is 5. The molecule has 3 aromatic carbocycles. The highest BCUT2D eigenvalue weighted by Gasteiger charge is 2.50. The highest BCUT2D eigenvalue weighted by atomic mass is 35.5. The molecule has 0 radical (unpaired) electrons. The van der Waals surface area contributed by atoms with Crippen LogP contribution in [0.15, 0.2) is 84.1 Å². The van der Waals surface area contributed by atoms with Crippen LogP contribution in [0.25, 0.3) is 11.3 Å². The van der Waals surface area contributed by atoms with Crippen LogP contribution in [0, 0.1) is 17.5 Å². The quantitative estimate of drug-likeness (QED) is 0.0976. The summed E-state index contributed by atoms with van der Waals surface area (Å²) in [5, 5.41) is 18.2. The molecule has 6 rings (SSSR count). The topological polar surface area (TPSA) is 95.7 Å². The van der Waals surface area contributed by atoms with Gasteiger partial charge >= 0.3 is 5.97 Å². The first kappa shape index (κ1) is 30.5. The van der Waals surface area contributed by atoms with Gasteiger partial charge in [0.25, 0.3) is 0 Å². The Kier molecular flexibility index (Phi) is 8.88. The molecule has 0 amide bonds. The van der Waals surface area contributed by atoms with E-state index in [1.807, 2.05) is 36.4 Å². The molecule has 8 nitrogen and oxygen atoms in total. The molecule has 2 saturated heterocycles. The van der Waals surface area contributed by atoms with Gasteiger partial charge in [-0.15, -0.1) is 5.10 Å². The van der Waals surface area contributed by atoms with Crippen molar-refractivity contribution in [3.8, 4) is 11.3 Å². The molecule has 2 fully saturated rings. The molecule has 4 aromatic rings. The number of hydrogen-bond acceptors (Lipinski definition) is 6. The van der Waals surface area contributed by atoms with E-state index in [-0.39, 0.29) is 16.5 Å². The van der Waals surface area contributed by atoms with E-state index in [0.29, 0.717) is 22.4 Å². The number of benzene rings is 3. The second kappa shape index (κ2) is 12.8. The van der Waals surface area contributed by atoms with E-state index in [9.17, 15) is 23.1 Å². The predicted octanol–water partition coefficient (Wildman–Crippen LogP) is 6.75. The SMILES string of the molecule is O=C(O)/C=C/O[C@H]1C[SH](c2ccc(Cl)c(Cl)c2)[C@@H]2COC(c3ccccc3)O[C@@H]2[C@H]1n1cc(-c2cc(F)c(F)c(F)c2)nn1. The van der Waals surface area contributed by atoms with E-state index in [1.165, 1.54) is 10.9 Å². The van der Waals surface area contributed by atoms with Crippen molar-refractivity contribution in [2.75, 3.05) is 12.4 Å². The standard InChI is InChI=1S/C30H24Cl2F3N3O5S/c31-19-7-6-18(12-20(19)32)44-15-24(41-9-8-26(39)40)28(29-25(44)14-42-30(43-29)16-4-2-1-3-5-16)38-13-23(36-37-38)17-10-21(33)27(35)22(34)11-17/h1-13,24-25,28-30,44H,14-15H2,(H,39,40)/b9-8+/t24-,25+,28-,29-,30?/m0/s1. The Morgan fingerprint density at radius 3 is 2.52 bits per heavy atom. The number of aromatic nitrogens is 3. The van der Waals surface area contributed by atoms with Crippen molar-refractivity contribution in [3.63, 3.8) is 0 Å². The fourth-order valence-electron chi connectivity index (χ4n) is 5.42. The number of carboxylic acid groups (broad SMARTS) is 1. The number of carbonyl (C=O) groups is 1. The predicted molar refractivity (Wildman–Crippen MR) is 158 cm³/mol. The summed E-state index contributed by atoms with van der Waals surface area (Å²) in [6.45, 7) is 0.306. The summed E-state index contributed by atoms with van der Waals surface area (Å²) in [5.41, 5.74) is 0.855. The number of fused-ring (bicyclic) bond motifs is 1. The van der Waals surface area contributed by atoms with E-state index in [2.05, 4.69) is 10.3 Å². The summed E-state index contributed by atoms with van der Waals surface area (Å²) in [6, 6.07) is 15.7. The zero-order valence-electron chi connectivity index (χ0n) is 22.6. The summed E-state index contributed by atoms with van der Waals surface area (Å²) < 4.78 is 62.1. The van der Waals surface area contributed by atoms with Gasteiger partial charge in [-0.3, -0.25) is 0 Å². The molecular weight excluding hydrogens is 642 g/mol. The third kappa shape index (κ3) is 6.18. The molecule has 6 atom stereocenters. The van der Waals surface area contributed by atoms with Crippen LogP contribution in [0.1, 0.15) is 17.9 Å². The second-order valence-electron chi connectivity index (χ2n) is 10.1. The van der Waals surface area contributed by atoms with Crippen LogP contribution in [-0.4, -0.2) is 55.9 Å². The number of nitrogens with zero attached hydrogens (tertiary/aromatic N) is 3. The number of aliphatic carboxylic acids is 1. The Labute approximate surface area is 262 Å². The van der Waals surface area contributed by atoms with Crippen molar-refractivity contribution in [2.45, 2.75) is 34.7 Å². The molecular formula is C30H24Cl2F3N3O5S. The smallest absolute Gasteiger partial charge is 0.331 e. The zero-order chi connectivity index (χ0) is 31.0. The fraction of sp³-hybridized carbons (Fsp3) is 0.233. The van der Waals surface area contributed by atoms with Gasteiger partial charge in [-0.2, -0.15) is 0 Å². The zero-order valence-corrected chi connectivity index (χ0v) is 25.0. The van der Waals surface area contributed by atoms with Crippen LogP contribution >= 0.6 is 34.1 Å². The normalized spacial score (nSPS) is 25.9. The maximum atomic E-state index is 14.0. The number of rotatable bonds is 7. The monoisotopic (exact) mass is 665 g/mol.